The quantitative estimate of drug-likeness (QED) is 0.633. The van der Waals surface area contributed by atoms with Gasteiger partial charge in [0.2, 0.25) is 0 Å². The first-order valence-electron chi connectivity index (χ1n) is 10.9. The number of anilines is 2. The van der Waals surface area contributed by atoms with Gasteiger partial charge >= 0.3 is 12.0 Å². The Labute approximate surface area is 202 Å². The van der Waals surface area contributed by atoms with Gasteiger partial charge in [-0.25, -0.2) is 4.79 Å². The molecule has 2 N–H and O–H groups in total. The van der Waals surface area contributed by atoms with E-state index in [1.54, 1.807) is 54.4 Å². The smallest absolute Gasteiger partial charge is 0.323 e. The van der Waals surface area contributed by atoms with Gasteiger partial charge in [-0.05, 0) is 49.2 Å². The van der Waals surface area contributed by atoms with Crippen LogP contribution in [0.25, 0.3) is 0 Å². The average molecular weight is 488 g/mol. The van der Waals surface area contributed by atoms with Crippen LogP contribution in [-0.2, 0) is 14.3 Å². The number of rotatable bonds is 4. The van der Waals surface area contributed by atoms with E-state index in [0.717, 1.165) is 0 Å². The zero-order chi connectivity index (χ0) is 24.2. The highest BCUT2D eigenvalue weighted by Crippen LogP contribution is 2.32. The molecule has 0 aromatic heterocycles. The molecule has 0 saturated carbocycles. The zero-order valence-electron chi connectivity index (χ0n) is 18.9. The van der Waals surface area contributed by atoms with Gasteiger partial charge in [0.1, 0.15) is 18.5 Å². The number of halogens is 1. The molecule has 180 valence electrons. The van der Waals surface area contributed by atoms with E-state index in [2.05, 4.69) is 10.6 Å². The van der Waals surface area contributed by atoms with Crippen molar-refractivity contribution in [1.29, 1.82) is 0 Å². The van der Waals surface area contributed by atoms with Crippen LogP contribution in [0.5, 0.6) is 5.75 Å². The summed E-state index contributed by atoms with van der Waals surface area (Å²) in [6.45, 7) is 0.231. The lowest BCUT2D eigenvalue weighted by molar-refractivity contribution is -0.151. The number of fused-ring (bicyclic) bond motifs is 2. The predicted molar refractivity (Wildman–Crippen MR) is 126 cm³/mol. The summed E-state index contributed by atoms with van der Waals surface area (Å²) in [5.74, 6) is -0.169. The third kappa shape index (κ3) is 5.43. The first-order valence-corrected chi connectivity index (χ1v) is 11.3. The number of nitrogens with one attached hydrogen (secondary N) is 2. The molecule has 9 nitrogen and oxygen atoms in total. The fourth-order valence-electron chi connectivity index (χ4n) is 4.23. The molecule has 1 saturated heterocycles. The molecule has 0 bridgehead atoms. The Kier molecular flexibility index (Phi) is 7.23. The van der Waals surface area contributed by atoms with Crippen LogP contribution >= 0.6 is 11.6 Å². The fourth-order valence-corrected chi connectivity index (χ4v) is 4.42. The second-order valence-corrected chi connectivity index (χ2v) is 8.69. The summed E-state index contributed by atoms with van der Waals surface area (Å²) in [5, 5.41) is 5.94. The Hall–Kier alpha value is -3.30. The molecule has 0 spiro atoms. The van der Waals surface area contributed by atoms with Gasteiger partial charge in [-0.2, -0.15) is 0 Å². The van der Waals surface area contributed by atoms with Crippen LogP contribution in [0.15, 0.2) is 42.5 Å². The number of hydrogen-bond acceptors (Lipinski definition) is 6. The third-order valence-electron chi connectivity index (χ3n) is 5.97. The minimum absolute atomic E-state index is 0.167. The van der Waals surface area contributed by atoms with Crippen molar-refractivity contribution in [2.45, 2.75) is 37.5 Å². The van der Waals surface area contributed by atoms with Crippen molar-refractivity contribution in [2.75, 3.05) is 31.4 Å². The van der Waals surface area contributed by atoms with E-state index in [1.807, 2.05) is 0 Å². The molecular weight excluding hydrogens is 462 g/mol. The highest BCUT2D eigenvalue weighted by atomic mass is 35.5. The van der Waals surface area contributed by atoms with E-state index < -0.39 is 6.03 Å². The number of amides is 3. The number of likely N-dealkylation sites (N-methyl/N-ethyl adjacent to an activating group) is 1. The predicted octanol–water partition coefficient (Wildman–Crippen LogP) is 3.93. The summed E-state index contributed by atoms with van der Waals surface area (Å²) in [6.07, 6.45) is 0.829. The van der Waals surface area contributed by atoms with Crippen LogP contribution in [0.2, 0.25) is 5.02 Å². The monoisotopic (exact) mass is 487 g/mol. The molecule has 2 heterocycles. The second-order valence-electron chi connectivity index (χ2n) is 8.25. The summed E-state index contributed by atoms with van der Waals surface area (Å²) in [4.78, 5) is 39.0. The van der Waals surface area contributed by atoms with Gasteiger partial charge in [0.25, 0.3) is 5.91 Å². The van der Waals surface area contributed by atoms with Crippen LogP contribution in [0.3, 0.4) is 0 Å². The molecule has 0 unspecified atom stereocenters. The number of methoxy groups -OCH3 is 1. The van der Waals surface area contributed by atoms with Crippen molar-refractivity contribution in [1.82, 2.24) is 4.90 Å². The Morgan fingerprint density at radius 3 is 2.65 bits per heavy atom. The minimum atomic E-state index is -0.466. The number of urea groups is 1. The number of nitrogens with zero attached hydrogens (tertiary/aromatic N) is 1. The van der Waals surface area contributed by atoms with Crippen LogP contribution < -0.4 is 15.4 Å². The Morgan fingerprint density at radius 2 is 1.91 bits per heavy atom. The number of hydrogen-bond donors (Lipinski definition) is 2. The number of esters is 1. The molecule has 34 heavy (non-hydrogen) atoms. The van der Waals surface area contributed by atoms with Crippen LogP contribution in [-0.4, -0.2) is 61.8 Å². The molecule has 3 amide bonds. The molecule has 3 atom stereocenters. The maximum Gasteiger partial charge on any atom is 0.323 e. The largest absolute Gasteiger partial charge is 0.490 e. The zero-order valence-corrected chi connectivity index (χ0v) is 19.6. The maximum absolute atomic E-state index is 13.3. The van der Waals surface area contributed by atoms with Gasteiger partial charge in [0, 0.05) is 23.4 Å². The van der Waals surface area contributed by atoms with Crippen LogP contribution in [0.1, 0.15) is 29.6 Å². The van der Waals surface area contributed by atoms with Gasteiger partial charge < -0.3 is 29.7 Å². The van der Waals surface area contributed by atoms with E-state index in [-0.39, 0.29) is 43.2 Å². The molecule has 2 aromatic carbocycles. The minimum Gasteiger partial charge on any atom is -0.490 e. The highest BCUT2D eigenvalue weighted by molar-refractivity contribution is 6.30. The van der Waals surface area contributed by atoms with Crippen molar-refractivity contribution < 1.29 is 28.6 Å². The van der Waals surface area contributed by atoms with Gasteiger partial charge in [0.15, 0.2) is 0 Å². The Balaban J connectivity index is 1.47. The number of ether oxygens (including phenoxy) is 3. The van der Waals surface area contributed by atoms with Crippen molar-refractivity contribution in [3.63, 3.8) is 0 Å². The Bertz CT molecular complexity index is 1090. The van der Waals surface area contributed by atoms with Crippen molar-refractivity contribution >= 4 is 40.9 Å². The third-order valence-corrected chi connectivity index (χ3v) is 6.21. The van der Waals surface area contributed by atoms with E-state index >= 15 is 0 Å². The van der Waals surface area contributed by atoms with Crippen LogP contribution in [0.4, 0.5) is 16.2 Å². The number of benzene rings is 2. The lowest BCUT2D eigenvalue weighted by atomic mass is 9.94. The molecule has 2 aromatic rings. The summed E-state index contributed by atoms with van der Waals surface area (Å²) >= 11 is 5.95. The van der Waals surface area contributed by atoms with Gasteiger partial charge in [0.05, 0.1) is 31.2 Å². The van der Waals surface area contributed by atoms with Crippen LogP contribution in [0, 0.1) is 0 Å². The normalized spacial score (nSPS) is 21.8. The van der Waals surface area contributed by atoms with E-state index in [1.165, 1.54) is 7.11 Å². The molecule has 10 heteroatoms. The SMILES string of the molecule is COC(=O)C[C@@H]1CC[C@H]2[C@H](COc3ccc(NC(=O)Nc4cccc(Cl)c4)cc3C(=O)N2C)O1. The first-order chi connectivity index (χ1) is 16.3. The average Bonchev–Trinajstić information content (AvgIpc) is 2.81. The number of carbonyl (C=O) groups is 3. The first kappa shape index (κ1) is 23.8. The summed E-state index contributed by atoms with van der Waals surface area (Å²) in [5.41, 5.74) is 1.33. The van der Waals surface area contributed by atoms with E-state index in [0.29, 0.717) is 40.6 Å². The van der Waals surface area contributed by atoms with Crippen molar-refractivity contribution in [3.8, 4) is 5.75 Å². The topological polar surface area (TPSA) is 106 Å². The van der Waals surface area contributed by atoms with E-state index in [9.17, 15) is 14.4 Å². The summed E-state index contributed by atoms with van der Waals surface area (Å²) < 4.78 is 16.8. The molecule has 0 aliphatic carbocycles. The number of carbonyl (C=O) groups excluding carboxylic acids is 3. The molecule has 0 radical (unpaired) electrons. The summed E-state index contributed by atoms with van der Waals surface area (Å²) in [7, 11) is 3.07. The van der Waals surface area contributed by atoms with Crippen molar-refractivity contribution in [3.05, 3.63) is 53.1 Å². The lowest BCUT2D eigenvalue weighted by Crippen LogP contribution is -2.53. The highest BCUT2D eigenvalue weighted by Gasteiger charge is 2.39. The van der Waals surface area contributed by atoms with E-state index in [4.69, 9.17) is 25.8 Å². The molecule has 1 fully saturated rings. The lowest BCUT2D eigenvalue weighted by Gasteiger charge is -2.42. The Morgan fingerprint density at radius 1 is 1.15 bits per heavy atom. The molecule has 2 aliphatic heterocycles. The summed E-state index contributed by atoms with van der Waals surface area (Å²) in [6, 6.07) is 11.0. The molecular formula is C24H26ClN3O6. The van der Waals surface area contributed by atoms with Gasteiger partial charge in [-0.3, -0.25) is 9.59 Å². The standard InChI is InChI=1S/C24H26ClN3O6/c1-28-19-8-7-17(12-22(29)32-2)34-21(19)13-33-20-9-6-16(11-18(20)23(28)30)27-24(31)26-15-5-3-4-14(25)10-15/h3-6,9-11,17,19,21H,7-8,12-13H2,1-2H3,(H2,26,27,31)/t17-,19-,21-/m0/s1. The maximum atomic E-state index is 13.3. The van der Waals surface area contributed by atoms with Crippen molar-refractivity contribution in [2.24, 2.45) is 0 Å². The molecule has 4 rings (SSSR count). The van der Waals surface area contributed by atoms with Gasteiger partial charge in [-0.1, -0.05) is 17.7 Å². The molecule has 2 aliphatic rings. The fraction of sp³-hybridized carbons (Fsp3) is 0.375. The van der Waals surface area contributed by atoms with Gasteiger partial charge in [-0.15, -0.1) is 0 Å². The second kappa shape index (κ2) is 10.3.